The normalized spacial score (nSPS) is 17.8. The quantitative estimate of drug-likeness (QED) is 0.538. The van der Waals surface area contributed by atoms with E-state index in [0.717, 1.165) is 22.4 Å². The fourth-order valence-corrected chi connectivity index (χ4v) is 4.65. The van der Waals surface area contributed by atoms with Crippen LogP contribution in [0.25, 0.3) is 5.69 Å². The van der Waals surface area contributed by atoms with Gasteiger partial charge in [-0.1, -0.05) is 17.7 Å². The highest BCUT2D eigenvalue weighted by Crippen LogP contribution is 2.37. The number of anilines is 1. The molecule has 9 heteroatoms. The van der Waals surface area contributed by atoms with Crippen molar-refractivity contribution in [2.45, 2.75) is 32.6 Å². The molecule has 1 fully saturated rings. The van der Waals surface area contributed by atoms with Crippen LogP contribution in [0.3, 0.4) is 0 Å². The third-order valence-corrected chi connectivity index (χ3v) is 6.40. The number of pyridine rings is 1. The van der Waals surface area contributed by atoms with Crippen LogP contribution in [0.5, 0.6) is 0 Å². The first-order chi connectivity index (χ1) is 16.3. The van der Waals surface area contributed by atoms with E-state index < -0.39 is 11.8 Å². The lowest BCUT2D eigenvalue weighted by Gasteiger charge is -2.18. The van der Waals surface area contributed by atoms with E-state index in [1.807, 2.05) is 26.0 Å². The summed E-state index contributed by atoms with van der Waals surface area (Å²) in [5.74, 6) is -0.820. The number of aryl methyl sites for hydroxylation is 2. The maximum Gasteiger partial charge on any atom is 0.322 e. The smallest absolute Gasteiger partial charge is 0.322 e. The standard InChI is InChI=1S/C25H26ClN5O3/c1-15-10-19(31-14-18(26)13-29-31)11-16(2)22(15)23-20(32)12-17(24(23)33)7-9-28-25(34)30(3)21-6-4-5-8-27-21/h4-6,8,10-11,13-14,17,23H,7,9,12H2,1-3H3,(H,28,34). The Labute approximate surface area is 202 Å². The number of carbonyl (C=O) groups is 3. The molecule has 2 heterocycles. The molecule has 0 saturated heterocycles. The summed E-state index contributed by atoms with van der Waals surface area (Å²) in [5, 5.41) is 7.57. The predicted molar refractivity (Wildman–Crippen MR) is 130 cm³/mol. The second-order valence-corrected chi connectivity index (χ2v) is 9.00. The van der Waals surface area contributed by atoms with Gasteiger partial charge in [-0.2, -0.15) is 5.10 Å². The van der Waals surface area contributed by atoms with Crippen LogP contribution < -0.4 is 10.2 Å². The fraction of sp³-hybridized carbons (Fsp3) is 0.320. The van der Waals surface area contributed by atoms with Gasteiger partial charge in [0, 0.05) is 38.3 Å². The van der Waals surface area contributed by atoms with E-state index in [9.17, 15) is 14.4 Å². The summed E-state index contributed by atoms with van der Waals surface area (Å²) in [6.07, 6.45) is 5.47. The van der Waals surface area contributed by atoms with Crippen LogP contribution >= 0.6 is 11.6 Å². The van der Waals surface area contributed by atoms with Gasteiger partial charge in [0.25, 0.3) is 0 Å². The molecule has 1 aliphatic rings. The molecule has 176 valence electrons. The molecule has 2 amide bonds. The zero-order valence-electron chi connectivity index (χ0n) is 19.3. The SMILES string of the molecule is Cc1cc(-n2cc(Cl)cn2)cc(C)c1C1C(=O)CC(CCNC(=O)N(C)c2ccccn2)C1=O. The number of hydrogen-bond donors (Lipinski definition) is 1. The van der Waals surface area contributed by atoms with Gasteiger partial charge < -0.3 is 5.32 Å². The summed E-state index contributed by atoms with van der Waals surface area (Å²) in [6.45, 7) is 4.10. The highest BCUT2D eigenvalue weighted by atomic mass is 35.5. The first-order valence-electron chi connectivity index (χ1n) is 11.1. The Morgan fingerprint density at radius 3 is 2.59 bits per heavy atom. The van der Waals surface area contributed by atoms with Gasteiger partial charge in [-0.15, -0.1) is 0 Å². The third-order valence-electron chi connectivity index (χ3n) is 6.21. The number of nitrogens with one attached hydrogen (secondary N) is 1. The van der Waals surface area contributed by atoms with E-state index in [1.165, 1.54) is 4.90 Å². The van der Waals surface area contributed by atoms with Crippen molar-refractivity contribution in [3.05, 3.63) is 70.6 Å². The van der Waals surface area contributed by atoms with Gasteiger partial charge in [0.2, 0.25) is 0 Å². The molecule has 2 atom stereocenters. The monoisotopic (exact) mass is 479 g/mol. The van der Waals surface area contributed by atoms with Crippen molar-refractivity contribution in [3.8, 4) is 5.69 Å². The molecular formula is C25H26ClN5O3. The fourth-order valence-electron chi connectivity index (χ4n) is 4.51. The summed E-state index contributed by atoms with van der Waals surface area (Å²) < 4.78 is 1.66. The minimum Gasteiger partial charge on any atom is -0.338 e. The second-order valence-electron chi connectivity index (χ2n) is 8.57. The van der Waals surface area contributed by atoms with Crippen LogP contribution in [0.15, 0.2) is 48.9 Å². The second kappa shape index (κ2) is 9.77. The molecule has 0 spiro atoms. The maximum atomic E-state index is 13.2. The van der Waals surface area contributed by atoms with Crippen molar-refractivity contribution in [1.82, 2.24) is 20.1 Å². The Kier molecular flexibility index (Phi) is 6.79. The van der Waals surface area contributed by atoms with E-state index in [1.54, 1.807) is 48.5 Å². The lowest BCUT2D eigenvalue weighted by Crippen LogP contribution is -2.38. The van der Waals surface area contributed by atoms with Crippen LogP contribution in [0, 0.1) is 19.8 Å². The number of nitrogens with zero attached hydrogens (tertiary/aromatic N) is 4. The zero-order chi connectivity index (χ0) is 24.4. The zero-order valence-corrected chi connectivity index (χ0v) is 20.0. The number of ketones is 2. The van der Waals surface area contributed by atoms with Gasteiger partial charge in [0.05, 0.1) is 16.9 Å². The summed E-state index contributed by atoms with van der Waals surface area (Å²) in [5.41, 5.74) is 3.30. The van der Waals surface area contributed by atoms with E-state index in [-0.39, 0.29) is 24.0 Å². The minimum absolute atomic E-state index is 0.0759. The van der Waals surface area contributed by atoms with Crippen molar-refractivity contribution in [3.63, 3.8) is 0 Å². The third kappa shape index (κ3) is 4.72. The Bertz CT molecular complexity index is 1220. The Hall–Kier alpha value is -3.52. The molecular weight excluding hydrogens is 454 g/mol. The number of benzene rings is 1. The van der Waals surface area contributed by atoms with Gasteiger partial charge in [0.1, 0.15) is 17.5 Å². The Morgan fingerprint density at radius 2 is 1.97 bits per heavy atom. The summed E-state index contributed by atoms with van der Waals surface area (Å²) in [6, 6.07) is 8.82. The average Bonchev–Trinajstić information content (AvgIpc) is 3.37. The number of hydrogen-bond acceptors (Lipinski definition) is 5. The average molecular weight is 480 g/mol. The lowest BCUT2D eigenvalue weighted by molar-refractivity contribution is -0.124. The maximum absolute atomic E-state index is 13.2. The molecule has 0 aliphatic heterocycles. The number of amides is 2. The number of aromatic nitrogens is 3. The number of rotatable bonds is 6. The van der Waals surface area contributed by atoms with E-state index in [2.05, 4.69) is 15.4 Å². The van der Waals surface area contributed by atoms with E-state index >= 15 is 0 Å². The molecule has 0 bridgehead atoms. The Morgan fingerprint density at radius 1 is 1.24 bits per heavy atom. The van der Waals surface area contributed by atoms with Crippen molar-refractivity contribution in [1.29, 1.82) is 0 Å². The molecule has 0 radical (unpaired) electrons. The summed E-state index contributed by atoms with van der Waals surface area (Å²) in [7, 11) is 1.63. The molecule has 1 saturated carbocycles. The minimum atomic E-state index is -0.771. The van der Waals surface area contributed by atoms with Crippen LogP contribution in [0.2, 0.25) is 5.02 Å². The number of carbonyl (C=O) groups excluding carboxylic acids is 3. The number of Topliss-reactive ketones (excluding diaryl/α,β-unsaturated/α-hetero) is 2. The van der Waals surface area contributed by atoms with Gasteiger partial charge in [-0.05, 0) is 61.2 Å². The molecule has 8 nitrogen and oxygen atoms in total. The van der Waals surface area contributed by atoms with Crippen LogP contribution in [0.1, 0.15) is 35.4 Å². The van der Waals surface area contributed by atoms with Gasteiger partial charge >= 0.3 is 6.03 Å². The van der Waals surface area contributed by atoms with Crippen LogP contribution in [-0.4, -0.2) is 46.0 Å². The van der Waals surface area contributed by atoms with E-state index in [4.69, 9.17) is 11.6 Å². The highest BCUT2D eigenvalue weighted by Gasteiger charge is 2.42. The molecule has 3 aromatic rings. The molecule has 34 heavy (non-hydrogen) atoms. The molecule has 2 unspecified atom stereocenters. The van der Waals surface area contributed by atoms with Crippen molar-refractivity contribution in [2.24, 2.45) is 5.92 Å². The van der Waals surface area contributed by atoms with Crippen molar-refractivity contribution < 1.29 is 14.4 Å². The summed E-state index contributed by atoms with van der Waals surface area (Å²) >= 11 is 5.98. The van der Waals surface area contributed by atoms with Gasteiger partial charge in [-0.3, -0.25) is 14.5 Å². The van der Waals surface area contributed by atoms with Crippen LogP contribution in [-0.2, 0) is 9.59 Å². The van der Waals surface area contributed by atoms with Crippen LogP contribution in [0.4, 0.5) is 10.6 Å². The molecule has 1 aromatic carbocycles. The molecule has 1 N–H and O–H groups in total. The van der Waals surface area contributed by atoms with Gasteiger partial charge in [0.15, 0.2) is 5.78 Å². The predicted octanol–water partition coefficient (Wildman–Crippen LogP) is 4.02. The molecule has 1 aliphatic carbocycles. The highest BCUT2D eigenvalue weighted by molar-refractivity contribution is 6.30. The molecule has 2 aromatic heterocycles. The summed E-state index contributed by atoms with van der Waals surface area (Å²) in [4.78, 5) is 44.1. The lowest BCUT2D eigenvalue weighted by atomic mass is 9.87. The van der Waals surface area contributed by atoms with E-state index in [0.29, 0.717) is 23.8 Å². The number of halogens is 1. The van der Waals surface area contributed by atoms with Crippen molar-refractivity contribution in [2.75, 3.05) is 18.5 Å². The first-order valence-corrected chi connectivity index (χ1v) is 11.4. The largest absolute Gasteiger partial charge is 0.338 e. The van der Waals surface area contributed by atoms with Gasteiger partial charge in [-0.25, -0.2) is 14.5 Å². The van der Waals surface area contributed by atoms with Crippen molar-refractivity contribution >= 4 is 35.0 Å². The topological polar surface area (TPSA) is 97.2 Å². The first kappa shape index (κ1) is 23.6. The Balaban J connectivity index is 1.42. The molecule has 4 rings (SSSR count). The number of urea groups is 1.